The Balaban J connectivity index is 1.39. The van der Waals surface area contributed by atoms with Gasteiger partial charge in [-0.05, 0) is 87.2 Å². The quantitative estimate of drug-likeness (QED) is 0.291. The Bertz CT molecular complexity index is 872. The van der Waals surface area contributed by atoms with Crippen molar-refractivity contribution in [3.8, 4) is 5.75 Å². The van der Waals surface area contributed by atoms with Crippen molar-refractivity contribution in [2.75, 3.05) is 6.61 Å². The van der Waals surface area contributed by atoms with E-state index >= 15 is 0 Å². The van der Waals surface area contributed by atoms with Gasteiger partial charge in [0, 0.05) is 12.0 Å². The van der Waals surface area contributed by atoms with Gasteiger partial charge >= 0.3 is 5.97 Å². The molecular formula is C26H33FO4. The van der Waals surface area contributed by atoms with Crippen molar-refractivity contribution in [1.29, 1.82) is 0 Å². The van der Waals surface area contributed by atoms with Gasteiger partial charge in [-0.3, -0.25) is 9.59 Å². The molecule has 4 rings (SSSR count). The number of rotatable bonds is 9. The molecule has 0 spiro atoms. The molecule has 0 amide bonds. The van der Waals surface area contributed by atoms with Crippen LogP contribution in [0.4, 0.5) is 4.39 Å². The van der Waals surface area contributed by atoms with Crippen LogP contribution >= 0.6 is 0 Å². The number of carbonyl (C=O) groups is 2. The summed E-state index contributed by atoms with van der Waals surface area (Å²) >= 11 is 0. The molecule has 1 aromatic rings. The van der Waals surface area contributed by atoms with Crippen LogP contribution in [0.15, 0.2) is 24.3 Å². The number of ketones is 1. The molecule has 3 aliphatic carbocycles. The molecule has 2 unspecified atom stereocenters. The highest BCUT2D eigenvalue weighted by atomic mass is 19.1. The van der Waals surface area contributed by atoms with Crippen molar-refractivity contribution >= 4 is 11.8 Å². The second-order valence-electron chi connectivity index (χ2n) is 9.99. The Kier molecular flexibility index (Phi) is 6.49. The van der Waals surface area contributed by atoms with Crippen molar-refractivity contribution in [1.82, 2.24) is 0 Å². The second kappa shape index (κ2) is 9.13. The first-order valence-electron chi connectivity index (χ1n) is 11.7. The highest BCUT2D eigenvalue weighted by Crippen LogP contribution is 2.46. The summed E-state index contributed by atoms with van der Waals surface area (Å²) in [4.78, 5) is 24.1. The lowest BCUT2D eigenvalue weighted by Crippen LogP contribution is -2.38. The van der Waals surface area contributed by atoms with E-state index in [1.54, 1.807) is 6.07 Å². The van der Waals surface area contributed by atoms with Gasteiger partial charge in [-0.25, -0.2) is 4.39 Å². The predicted molar refractivity (Wildman–Crippen MR) is 117 cm³/mol. The zero-order valence-corrected chi connectivity index (χ0v) is 18.4. The van der Waals surface area contributed by atoms with E-state index in [0.717, 1.165) is 44.1 Å². The van der Waals surface area contributed by atoms with Crippen LogP contribution in [-0.2, 0) is 4.79 Å². The number of hydrogen-bond donors (Lipinski definition) is 1. The van der Waals surface area contributed by atoms with E-state index in [1.165, 1.54) is 18.1 Å². The van der Waals surface area contributed by atoms with E-state index in [9.17, 15) is 19.1 Å². The average molecular weight is 429 g/mol. The maximum absolute atomic E-state index is 14.8. The second-order valence-corrected chi connectivity index (χ2v) is 9.99. The molecule has 3 fully saturated rings. The molecule has 0 aromatic heterocycles. The number of carboxylic acids is 1. The zero-order chi connectivity index (χ0) is 22.1. The van der Waals surface area contributed by atoms with Crippen molar-refractivity contribution < 1.29 is 23.8 Å². The van der Waals surface area contributed by atoms with Gasteiger partial charge in [0.15, 0.2) is 5.78 Å². The molecule has 168 valence electrons. The molecule has 0 aliphatic heterocycles. The molecule has 1 N–H and O–H groups in total. The standard InChI is InChI=1S/C26H33FO4/c1-15-10-16(2)12-17(11-15)4-3-9-31-24-14-23(27)22(13-21(24)18-5-6-18)25(28)19-7-8-20(19)26(29)30/h13-14,16-20H,1,3-12H2,2H3,(H,29,30)/t16?,17?,19-,20-/m1/s1. The molecule has 4 nitrogen and oxygen atoms in total. The minimum atomic E-state index is -0.969. The fourth-order valence-corrected chi connectivity index (χ4v) is 5.40. The summed E-state index contributed by atoms with van der Waals surface area (Å²) < 4.78 is 20.8. The topological polar surface area (TPSA) is 63.6 Å². The minimum absolute atomic E-state index is 0.0277. The van der Waals surface area contributed by atoms with Gasteiger partial charge in [0.1, 0.15) is 11.6 Å². The monoisotopic (exact) mass is 428 g/mol. The Morgan fingerprint density at radius 2 is 1.90 bits per heavy atom. The number of carboxylic acid groups (broad SMARTS) is 1. The van der Waals surface area contributed by atoms with Gasteiger partial charge in [-0.1, -0.05) is 19.1 Å². The largest absolute Gasteiger partial charge is 0.493 e. The van der Waals surface area contributed by atoms with E-state index in [2.05, 4.69) is 13.5 Å². The summed E-state index contributed by atoms with van der Waals surface area (Å²) in [6.45, 7) is 6.98. The lowest BCUT2D eigenvalue weighted by molar-refractivity contribution is -0.146. The first-order chi connectivity index (χ1) is 14.8. The number of Topliss-reactive ketones (excluding diaryl/α,β-unsaturated/α-hetero) is 1. The molecule has 0 heterocycles. The summed E-state index contributed by atoms with van der Waals surface area (Å²) in [5, 5.41) is 9.24. The van der Waals surface area contributed by atoms with Gasteiger partial charge in [-0.2, -0.15) is 0 Å². The average Bonchev–Trinajstić information content (AvgIpc) is 3.48. The first-order valence-corrected chi connectivity index (χ1v) is 11.7. The van der Waals surface area contributed by atoms with Gasteiger partial charge in [0.25, 0.3) is 0 Å². The van der Waals surface area contributed by atoms with Gasteiger partial charge in [0.2, 0.25) is 0 Å². The maximum atomic E-state index is 14.8. The number of ether oxygens (including phenoxy) is 1. The summed E-state index contributed by atoms with van der Waals surface area (Å²) in [7, 11) is 0. The summed E-state index contributed by atoms with van der Waals surface area (Å²) in [6.07, 6.45) is 8.49. The summed E-state index contributed by atoms with van der Waals surface area (Å²) in [6, 6.07) is 2.98. The van der Waals surface area contributed by atoms with Crippen molar-refractivity contribution in [3.63, 3.8) is 0 Å². The van der Waals surface area contributed by atoms with Crippen LogP contribution in [0.2, 0.25) is 0 Å². The van der Waals surface area contributed by atoms with Crippen LogP contribution in [0.5, 0.6) is 5.75 Å². The molecule has 1 aromatic carbocycles. The van der Waals surface area contributed by atoms with Crippen LogP contribution in [0.3, 0.4) is 0 Å². The third-order valence-electron chi connectivity index (χ3n) is 7.27. The van der Waals surface area contributed by atoms with Crippen LogP contribution in [0.25, 0.3) is 0 Å². The number of hydrogen-bond acceptors (Lipinski definition) is 3. The van der Waals surface area contributed by atoms with E-state index < -0.39 is 23.6 Å². The minimum Gasteiger partial charge on any atom is -0.493 e. The molecule has 3 saturated carbocycles. The molecule has 4 atom stereocenters. The summed E-state index contributed by atoms with van der Waals surface area (Å²) in [5.41, 5.74) is 2.27. The van der Waals surface area contributed by atoms with Crippen molar-refractivity contribution in [3.05, 3.63) is 41.2 Å². The molecule has 0 saturated heterocycles. The molecule has 0 radical (unpaired) electrons. The van der Waals surface area contributed by atoms with Gasteiger partial charge in [-0.15, -0.1) is 0 Å². The van der Waals surface area contributed by atoms with Crippen molar-refractivity contribution in [2.24, 2.45) is 23.7 Å². The zero-order valence-electron chi connectivity index (χ0n) is 18.4. The van der Waals surface area contributed by atoms with Crippen LogP contribution in [-0.4, -0.2) is 23.5 Å². The van der Waals surface area contributed by atoms with E-state index in [-0.39, 0.29) is 11.3 Å². The number of allylic oxidation sites excluding steroid dienone is 1. The third-order valence-corrected chi connectivity index (χ3v) is 7.27. The first kappa shape index (κ1) is 22.0. The Morgan fingerprint density at radius 1 is 1.16 bits per heavy atom. The summed E-state index contributed by atoms with van der Waals surface area (Å²) in [5.74, 6) is -1.04. The smallest absolute Gasteiger partial charge is 0.307 e. The number of aliphatic carboxylic acids is 1. The lowest BCUT2D eigenvalue weighted by Gasteiger charge is -2.32. The van der Waals surface area contributed by atoms with Crippen LogP contribution < -0.4 is 4.74 Å². The fourth-order valence-electron chi connectivity index (χ4n) is 5.40. The van der Waals surface area contributed by atoms with Crippen LogP contribution in [0.1, 0.15) is 86.6 Å². The number of halogens is 1. The van der Waals surface area contributed by atoms with Crippen molar-refractivity contribution in [2.45, 2.75) is 70.6 Å². The highest BCUT2D eigenvalue weighted by molar-refractivity contribution is 6.01. The van der Waals surface area contributed by atoms with E-state index in [4.69, 9.17) is 4.74 Å². The molecule has 3 aliphatic rings. The van der Waals surface area contributed by atoms with Crippen LogP contribution in [0, 0.1) is 29.5 Å². The van der Waals surface area contributed by atoms with E-state index in [0.29, 0.717) is 43.0 Å². The molecule has 5 heteroatoms. The van der Waals surface area contributed by atoms with Gasteiger partial charge in [0.05, 0.1) is 18.1 Å². The third kappa shape index (κ3) is 5.02. The molecular weight excluding hydrogens is 395 g/mol. The lowest BCUT2D eigenvalue weighted by atomic mass is 9.70. The fraction of sp³-hybridized carbons (Fsp3) is 0.615. The predicted octanol–water partition coefficient (Wildman–Crippen LogP) is 6.15. The number of carbonyl (C=O) groups excluding carboxylic acids is 1. The molecule has 0 bridgehead atoms. The highest BCUT2D eigenvalue weighted by Gasteiger charge is 2.42. The number of benzene rings is 1. The van der Waals surface area contributed by atoms with E-state index in [1.807, 2.05) is 0 Å². The maximum Gasteiger partial charge on any atom is 0.307 e. The Hall–Kier alpha value is -2.17. The van der Waals surface area contributed by atoms with Gasteiger partial charge < -0.3 is 9.84 Å². The molecule has 31 heavy (non-hydrogen) atoms. The SMILES string of the molecule is C=C1CC(C)CC(CCCOc2cc(F)c(C(=O)[C@@H]3CC[C@H]3C(=O)O)cc2C2CC2)C1. The normalized spacial score (nSPS) is 28.1. The Labute approximate surface area is 183 Å². The Morgan fingerprint density at radius 3 is 2.52 bits per heavy atom.